The van der Waals surface area contributed by atoms with Gasteiger partial charge < -0.3 is 5.32 Å². The van der Waals surface area contributed by atoms with Crippen LogP contribution in [-0.2, 0) is 0 Å². The Morgan fingerprint density at radius 2 is 2.14 bits per heavy atom. The van der Waals surface area contributed by atoms with Gasteiger partial charge in [-0.2, -0.15) is 0 Å². The van der Waals surface area contributed by atoms with Crippen LogP contribution in [0.4, 0.5) is 10.1 Å². The molecule has 2 heterocycles. The number of rotatable bonds is 2. The van der Waals surface area contributed by atoms with Gasteiger partial charge in [-0.3, -0.25) is 14.0 Å². The average molecular weight is 317 g/mol. The summed E-state index contributed by atoms with van der Waals surface area (Å²) in [6.45, 7) is 3.52. The zero-order valence-electron chi connectivity index (χ0n) is 11.9. The fourth-order valence-corrected chi connectivity index (χ4v) is 2.98. The molecule has 0 radical (unpaired) electrons. The van der Waals surface area contributed by atoms with Crippen molar-refractivity contribution >= 4 is 27.9 Å². The maximum Gasteiger partial charge on any atom is 0.282 e. The summed E-state index contributed by atoms with van der Waals surface area (Å²) in [6.07, 6.45) is 1.67. The molecule has 3 aromatic rings. The Morgan fingerprint density at radius 3 is 2.86 bits per heavy atom. The topological polar surface area (TPSA) is 63.5 Å². The number of carbonyl (C=O) groups is 1. The van der Waals surface area contributed by atoms with Gasteiger partial charge in [0.1, 0.15) is 11.5 Å². The highest BCUT2D eigenvalue weighted by Gasteiger charge is 2.15. The minimum Gasteiger partial charge on any atom is -0.316 e. The minimum absolute atomic E-state index is 0.101. The number of nitrogens with zero attached hydrogens (tertiary/aromatic N) is 2. The Hall–Kier alpha value is -2.54. The van der Waals surface area contributed by atoms with Crippen LogP contribution < -0.4 is 10.9 Å². The van der Waals surface area contributed by atoms with Crippen molar-refractivity contribution in [2.75, 3.05) is 5.32 Å². The van der Waals surface area contributed by atoms with E-state index in [0.29, 0.717) is 10.7 Å². The molecule has 3 rings (SSSR count). The molecule has 0 aliphatic heterocycles. The Labute approximate surface area is 129 Å². The normalized spacial score (nSPS) is 10.9. The second-order valence-corrected chi connectivity index (χ2v) is 6.05. The lowest BCUT2D eigenvalue weighted by Crippen LogP contribution is -2.24. The number of hydrogen-bond acceptors (Lipinski definition) is 4. The van der Waals surface area contributed by atoms with Crippen molar-refractivity contribution in [2.45, 2.75) is 13.8 Å². The van der Waals surface area contributed by atoms with Crippen molar-refractivity contribution in [1.82, 2.24) is 9.38 Å². The number of aryl methyl sites for hydroxylation is 2. The van der Waals surface area contributed by atoms with Gasteiger partial charge in [0, 0.05) is 16.6 Å². The highest BCUT2D eigenvalue weighted by Crippen LogP contribution is 2.17. The molecule has 0 saturated carbocycles. The van der Waals surface area contributed by atoms with Crippen LogP contribution in [0.25, 0.3) is 4.96 Å². The van der Waals surface area contributed by atoms with Crippen LogP contribution in [0.2, 0.25) is 0 Å². The van der Waals surface area contributed by atoms with Crippen LogP contribution in [0.3, 0.4) is 0 Å². The first kappa shape index (κ1) is 14.4. The molecule has 0 aliphatic carbocycles. The van der Waals surface area contributed by atoms with E-state index in [1.165, 1.54) is 33.9 Å². The molecule has 0 spiro atoms. The summed E-state index contributed by atoms with van der Waals surface area (Å²) >= 11 is 1.40. The number of carbonyl (C=O) groups excluding carboxylic acids is 1. The summed E-state index contributed by atoms with van der Waals surface area (Å²) < 4.78 is 14.6. The second kappa shape index (κ2) is 5.34. The first-order valence-electron chi connectivity index (χ1n) is 6.52. The van der Waals surface area contributed by atoms with Crippen LogP contribution in [-0.4, -0.2) is 15.3 Å². The summed E-state index contributed by atoms with van der Waals surface area (Å²) in [5.74, 6) is -1.06. The number of thiazole rings is 1. The molecule has 5 nitrogen and oxygen atoms in total. The van der Waals surface area contributed by atoms with E-state index in [0.717, 1.165) is 10.9 Å². The third-order valence-corrected chi connectivity index (χ3v) is 4.05. The number of halogens is 1. The Morgan fingerprint density at radius 1 is 1.36 bits per heavy atom. The monoisotopic (exact) mass is 317 g/mol. The van der Waals surface area contributed by atoms with E-state index in [1.54, 1.807) is 13.1 Å². The molecule has 0 fully saturated rings. The molecule has 0 aliphatic rings. The quantitative estimate of drug-likeness (QED) is 0.790. The number of benzene rings is 1. The molecule has 22 heavy (non-hydrogen) atoms. The van der Waals surface area contributed by atoms with E-state index in [2.05, 4.69) is 10.3 Å². The lowest BCUT2D eigenvalue weighted by Gasteiger charge is -2.07. The summed E-state index contributed by atoms with van der Waals surface area (Å²) in [6, 6.07) is 5.28. The molecule has 0 saturated heterocycles. The molecule has 0 atom stereocenters. The number of anilines is 1. The molecule has 1 amide bonds. The fraction of sp³-hybridized carbons (Fsp3) is 0.133. The van der Waals surface area contributed by atoms with Gasteiger partial charge in [-0.1, -0.05) is 6.07 Å². The van der Waals surface area contributed by atoms with Crippen molar-refractivity contribution in [3.63, 3.8) is 0 Å². The van der Waals surface area contributed by atoms with E-state index >= 15 is 0 Å². The zero-order chi connectivity index (χ0) is 15.9. The molecule has 0 bridgehead atoms. The second-order valence-electron chi connectivity index (χ2n) is 4.84. The van der Waals surface area contributed by atoms with Crippen molar-refractivity contribution in [2.24, 2.45) is 0 Å². The Balaban J connectivity index is 2.03. The molecule has 112 valence electrons. The van der Waals surface area contributed by atoms with Crippen molar-refractivity contribution in [3.05, 3.63) is 62.8 Å². The van der Waals surface area contributed by atoms with Crippen LogP contribution >= 0.6 is 11.3 Å². The van der Waals surface area contributed by atoms with Crippen LogP contribution in [0.1, 0.15) is 20.9 Å². The van der Waals surface area contributed by atoms with Gasteiger partial charge in [-0.05, 0) is 32.0 Å². The summed E-state index contributed by atoms with van der Waals surface area (Å²) in [4.78, 5) is 30.4. The molecular weight excluding hydrogens is 305 g/mol. The Bertz CT molecular complexity index is 946. The Kier molecular flexibility index (Phi) is 3.50. The first-order chi connectivity index (χ1) is 10.5. The SMILES string of the molecule is Cc1cn2c(=O)c(NC(=O)c3cccc(F)c3)c(C)nc2s1. The smallest absolute Gasteiger partial charge is 0.282 e. The maximum absolute atomic E-state index is 13.2. The number of fused-ring (bicyclic) bond motifs is 1. The minimum atomic E-state index is -0.548. The van der Waals surface area contributed by atoms with Gasteiger partial charge in [0.15, 0.2) is 4.96 Å². The zero-order valence-corrected chi connectivity index (χ0v) is 12.7. The van der Waals surface area contributed by atoms with E-state index in [-0.39, 0.29) is 16.8 Å². The number of amides is 1. The van der Waals surface area contributed by atoms with E-state index in [1.807, 2.05) is 6.92 Å². The van der Waals surface area contributed by atoms with E-state index in [9.17, 15) is 14.0 Å². The van der Waals surface area contributed by atoms with E-state index < -0.39 is 11.7 Å². The summed E-state index contributed by atoms with van der Waals surface area (Å²) in [5, 5.41) is 2.53. The highest BCUT2D eigenvalue weighted by atomic mass is 32.1. The molecule has 7 heteroatoms. The average Bonchev–Trinajstić information content (AvgIpc) is 2.84. The first-order valence-corrected chi connectivity index (χ1v) is 7.33. The molecular formula is C15H12FN3O2S. The third kappa shape index (κ3) is 2.50. The molecule has 1 N–H and O–H groups in total. The van der Waals surface area contributed by atoms with Gasteiger partial charge >= 0.3 is 0 Å². The molecule has 2 aromatic heterocycles. The maximum atomic E-state index is 13.2. The highest BCUT2D eigenvalue weighted by molar-refractivity contribution is 7.16. The molecule has 0 unspecified atom stereocenters. The van der Waals surface area contributed by atoms with Crippen molar-refractivity contribution in [3.8, 4) is 0 Å². The fourth-order valence-electron chi connectivity index (χ4n) is 2.11. The van der Waals surface area contributed by atoms with E-state index in [4.69, 9.17) is 0 Å². The molecule has 1 aromatic carbocycles. The summed E-state index contributed by atoms with van der Waals surface area (Å²) in [7, 11) is 0. The lowest BCUT2D eigenvalue weighted by atomic mass is 10.2. The number of aromatic nitrogens is 2. The lowest BCUT2D eigenvalue weighted by molar-refractivity contribution is 0.102. The van der Waals surface area contributed by atoms with Gasteiger partial charge in [0.05, 0.1) is 5.69 Å². The summed E-state index contributed by atoms with van der Waals surface area (Å²) in [5.41, 5.74) is 0.322. The standard InChI is InChI=1S/C15H12FN3O2S/c1-8-7-19-14(21)12(9(2)17-15(19)22-8)18-13(20)10-4-3-5-11(16)6-10/h3-7H,1-2H3,(H,18,20). The van der Waals surface area contributed by atoms with Crippen LogP contribution in [0.5, 0.6) is 0 Å². The van der Waals surface area contributed by atoms with Crippen LogP contribution in [0, 0.1) is 19.7 Å². The van der Waals surface area contributed by atoms with Crippen molar-refractivity contribution < 1.29 is 9.18 Å². The predicted molar refractivity (Wildman–Crippen MR) is 83.2 cm³/mol. The van der Waals surface area contributed by atoms with Gasteiger partial charge in [0.25, 0.3) is 11.5 Å². The third-order valence-electron chi connectivity index (χ3n) is 3.15. The predicted octanol–water partition coefficient (Wildman–Crippen LogP) is 2.76. The van der Waals surface area contributed by atoms with Gasteiger partial charge in [0.2, 0.25) is 0 Å². The number of hydrogen-bond donors (Lipinski definition) is 1. The van der Waals surface area contributed by atoms with Gasteiger partial charge in [-0.15, -0.1) is 11.3 Å². The largest absolute Gasteiger partial charge is 0.316 e. The van der Waals surface area contributed by atoms with Gasteiger partial charge in [-0.25, -0.2) is 9.37 Å². The van der Waals surface area contributed by atoms with Crippen molar-refractivity contribution in [1.29, 1.82) is 0 Å². The van der Waals surface area contributed by atoms with Crippen LogP contribution in [0.15, 0.2) is 35.3 Å². The number of nitrogens with one attached hydrogen (secondary N) is 1.